The lowest BCUT2D eigenvalue weighted by atomic mass is 10.3. The first-order valence-corrected chi connectivity index (χ1v) is 6.59. The Morgan fingerprint density at radius 1 is 1.44 bits per heavy atom. The van der Waals surface area contributed by atoms with Crippen LogP contribution in [0, 0.1) is 0 Å². The van der Waals surface area contributed by atoms with Crippen molar-refractivity contribution in [2.75, 3.05) is 5.73 Å². The monoisotopic (exact) mass is 309 g/mol. The summed E-state index contributed by atoms with van der Waals surface area (Å²) < 4.78 is 8.59. The molecule has 1 heterocycles. The molecule has 18 heavy (non-hydrogen) atoms. The highest BCUT2D eigenvalue weighted by Gasteiger charge is 2.12. The van der Waals surface area contributed by atoms with Crippen LogP contribution in [0.3, 0.4) is 0 Å². The Labute approximate surface area is 115 Å². The average molecular weight is 310 g/mol. The van der Waals surface area contributed by atoms with Crippen LogP contribution in [-0.4, -0.2) is 9.78 Å². The Bertz CT molecular complexity index is 551. The molecule has 0 saturated heterocycles. The predicted octanol–water partition coefficient (Wildman–Crippen LogP) is 2.91. The highest BCUT2D eigenvalue weighted by molar-refractivity contribution is 9.10. The second-order valence-corrected chi connectivity index (χ2v) is 4.84. The zero-order valence-corrected chi connectivity index (χ0v) is 12.1. The lowest BCUT2D eigenvalue weighted by Gasteiger charge is -2.07. The lowest BCUT2D eigenvalue weighted by Crippen LogP contribution is -2.03. The molecule has 2 aromatic rings. The van der Waals surface area contributed by atoms with E-state index in [2.05, 4.69) is 28.0 Å². The standard InChI is InChI=1S/C13H16BrN3O/c1-3-11-13(14)12(17(2)16-11)8-18-10-6-4-5-9(15)7-10/h4-7H,3,8,15H2,1-2H3. The fourth-order valence-corrected chi connectivity index (χ4v) is 2.46. The van der Waals surface area contributed by atoms with Gasteiger partial charge in [-0.2, -0.15) is 5.10 Å². The van der Waals surface area contributed by atoms with Crippen molar-refractivity contribution in [3.63, 3.8) is 0 Å². The van der Waals surface area contributed by atoms with Gasteiger partial charge in [-0.15, -0.1) is 0 Å². The topological polar surface area (TPSA) is 53.1 Å². The van der Waals surface area contributed by atoms with Gasteiger partial charge in [-0.25, -0.2) is 0 Å². The van der Waals surface area contributed by atoms with E-state index in [1.54, 1.807) is 0 Å². The number of nitrogens with zero attached hydrogens (tertiary/aromatic N) is 2. The molecule has 2 N–H and O–H groups in total. The second-order valence-electron chi connectivity index (χ2n) is 4.05. The molecule has 5 heteroatoms. The van der Waals surface area contributed by atoms with E-state index < -0.39 is 0 Å². The van der Waals surface area contributed by atoms with Gasteiger partial charge in [0, 0.05) is 18.8 Å². The smallest absolute Gasteiger partial charge is 0.131 e. The van der Waals surface area contributed by atoms with E-state index in [-0.39, 0.29) is 0 Å². The molecule has 0 spiro atoms. The van der Waals surface area contributed by atoms with Crippen LogP contribution in [0.4, 0.5) is 5.69 Å². The van der Waals surface area contributed by atoms with Crippen LogP contribution in [0.25, 0.3) is 0 Å². The van der Waals surface area contributed by atoms with E-state index in [9.17, 15) is 0 Å². The number of rotatable bonds is 4. The molecule has 2 rings (SSSR count). The third-order valence-corrected chi connectivity index (χ3v) is 3.65. The maximum absolute atomic E-state index is 5.72. The van der Waals surface area contributed by atoms with Gasteiger partial charge in [-0.1, -0.05) is 13.0 Å². The molecule has 96 valence electrons. The SMILES string of the molecule is CCc1nn(C)c(COc2cccc(N)c2)c1Br. The third kappa shape index (κ3) is 2.67. The summed E-state index contributed by atoms with van der Waals surface area (Å²) in [6.45, 7) is 2.54. The number of anilines is 1. The number of aromatic nitrogens is 2. The maximum Gasteiger partial charge on any atom is 0.131 e. The predicted molar refractivity (Wildman–Crippen MR) is 75.5 cm³/mol. The van der Waals surface area contributed by atoms with Crippen molar-refractivity contribution < 1.29 is 4.74 Å². The number of benzene rings is 1. The van der Waals surface area contributed by atoms with Crippen molar-refractivity contribution in [3.8, 4) is 5.75 Å². The first-order chi connectivity index (χ1) is 8.61. The van der Waals surface area contributed by atoms with E-state index in [1.165, 1.54) is 0 Å². The number of halogens is 1. The minimum atomic E-state index is 0.466. The highest BCUT2D eigenvalue weighted by atomic mass is 79.9. The molecular formula is C13H16BrN3O. The van der Waals surface area contributed by atoms with Crippen LogP contribution in [0.1, 0.15) is 18.3 Å². The number of aryl methyl sites for hydroxylation is 2. The fraction of sp³-hybridized carbons (Fsp3) is 0.308. The Morgan fingerprint density at radius 3 is 2.83 bits per heavy atom. The van der Waals surface area contributed by atoms with Gasteiger partial charge >= 0.3 is 0 Å². The summed E-state index contributed by atoms with van der Waals surface area (Å²) in [4.78, 5) is 0. The number of nitrogens with two attached hydrogens (primary N) is 1. The van der Waals surface area contributed by atoms with Gasteiger partial charge in [0.25, 0.3) is 0 Å². The zero-order chi connectivity index (χ0) is 13.1. The van der Waals surface area contributed by atoms with Gasteiger partial charge in [0.05, 0.1) is 15.9 Å². The summed E-state index contributed by atoms with van der Waals surface area (Å²) in [6, 6.07) is 7.41. The molecule has 0 aliphatic heterocycles. The quantitative estimate of drug-likeness (QED) is 0.884. The summed E-state index contributed by atoms with van der Waals surface area (Å²) in [6.07, 6.45) is 0.896. The lowest BCUT2D eigenvalue weighted by molar-refractivity contribution is 0.294. The number of hydrogen-bond donors (Lipinski definition) is 1. The van der Waals surface area contributed by atoms with Crippen LogP contribution < -0.4 is 10.5 Å². The van der Waals surface area contributed by atoms with Gasteiger partial charge in [-0.3, -0.25) is 4.68 Å². The molecule has 0 bridgehead atoms. The van der Waals surface area contributed by atoms with Crippen molar-refractivity contribution in [1.29, 1.82) is 0 Å². The molecule has 0 aliphatic rings. The summed E-state index contributed by atoms with van der Waals surface area (Å²) in [5, 5.41) is 4.42. The van der Waals surface area contributed by atoms with Crippen LogP contribution >= 0.6 is 15.9 Å². The molecule has 0 radical (unpaired) electrons. The summed E-state index contributed by atoms with van der Waals surface area (Å²) in [5.74, 6) is 0.765. The van der Waals surface area contributed by atoms with Crippen LogP contribution in [0.2, 0.25) is 0 Å². The third-order valence-electron chi connectivity index (χ3n) is 2.74. The van der Waals surface area contributed by atoms with Crippen molar-refractivity contribution in [3.05, 3.63) is 40.1 Å². The van der Waals surface area contributed by atoms with Gasteiger partial charge in [0.1, 0.15) is 12.4 Å². The number of ether oxygens (including phenoxy) is 1. The molecule has 0 fully saturated rings. The van der Waals surface area contributed by atoms with Crippen LogP contribution in [0.15, 0.2) is 28.7 Å². The first kappa shape index (κ1) is 13.0. The second kappa shape index (κ2) is 5.44. The molecule has 0 amide bonds. The molecular weight excluding hydrogens is 294 g/mol. The fourth-order valence-electron chi connectivity index (χ4n) is 1.73. The average Bonchev–Trinajstić information content (AvgIpc) is 2.62. The van der Waals surface area contributed by atoms with Crippen molar-refractivity contribution in [2.45, 2.75) is 20.0 Å². The van der Waals surface area contributed by atoms with E-state index in [1.807, 2.05) is 36.0 Å². The normalized spacial score (nSPS) is 10.6. The molecule has 0 atom stereocenters. The summed E-state index contributed by atoms with van der Waals surface area (Å²) in [7, 11) is 1.92. The van der Waals surface area contributed by atoms with E-state index >= 15 is 0 Å². The summed E-state index contributed by atoms with van der Waals surface area (Å²) >= 11 is 3.56. The van der Waals surface area contributed by atoms with Crippen molar-refractivity contribution in [1.82, 2.24) is 9.78 Å². The molecule has 0 aliphatic carbocycles. The number of hydrogen-bond acceptors (Lipinski definition) is 3. The Hall–Kier alpha value is -1.49. The molecule has 0 saturated carbocycles. The minimum absolute atomic E-state index is 0.466. The van der Waals surface area contributed by atoms with Gasteiger partial charge in [0.2, 0.25) is 0 Å². The first-order valence-electron chi connectivity index (χ1n) is 5.80. The minimum Gasteiger partial charge on any atom is -0.487 e. The Balaban J connectivity index is 2.13. The number of nitrogen functional groups attached to an aromatic ring is 1. The van der Waals surface area contributed by atoms with Gasteiger partial charge < -0.3 is 10.5 Å². The van der Waals surface area contributed by atoms with Crippen molar-refractivity contribution >= 4 is 21.6 Å². The van der Waals surface area contributed by atoms with E-state index in [0.29, 0.717) is 12.3 Å². The molecule has 1 aromatic heterocycles. The van der Waals surface area contributed by atoms with Crippen LogP contribution in [-0.2, 0) is 20.1 Å². The Morgan fingerprint density at radius 2 is 2.22 bits per heavy atom. The molecule has 0 unspecified atom stereocenters. The zero-order valence-electron chi connectivity index (χ0n) is 10.5. The van der Waals surface area contributed by atoms with Gasteiger partial charge in [-0.05, 0) is 34.5 Å². The van der Waals surface area contributed by atoms with Crippen molar-refractivity contribution in [2.24, 2.45) is 7.05 Å². The summed E-state index contributed by atoms with van der Waals surface area (Å²) in [5.41, 5.74) is 8.47. The highest BCUT2D eigenvalue weighted by Crippen LogP contribution is 2.23. The maximum atomic E-state index is 5.72. The molecule has 1 aromatic carbocycles. The van der Waals surface area contributed by atoms with Crippen LogP contribution in [0.5, 0.6) is 5.75 Å². The van der Waals surface area contributed by atoms with Gasteiger partial charge in [0.15, 0.2) is 0 Å². The Kier molecular flexibility index (Phi) is 3.91. The van der Waals surface area contributed by atoms with E-state index in [4.69, 9.17) is 10.5 Å². The van der Waals surface area contributed by atoms with E-state index in [0.717, 1.165) is 28.0 Å². The largest absolute Gasteiger partial charge is 0.487 e. The molecule has 4 nitrogen and oxygen atoms in total.